The Morgan fingerprint density at radius 3 is 2.71 bits per heavy atom. The number of thioether (sulfide) groups is 1. The van der Waals surface area contributed by atoms with Gasteiger partial charge in [-0.25, -0.2) is 4.68 Å². The third kappa shape index (κ3) is 3.04. The Morgan fingerprint density at radius 2 is 2.06 bits per heavy atom. The van der Waals surface area contributed by atoms with Gasteiger partial charge in [0.1, 0.15) is 10.8 Å². The zero-order valence-electron chi connectivity index (χ0n) is 9.56. The summed E-state index contributed by atoms with van der Waals surface area (Å²) in [5.74, 6) is 1.74. The summed E-state index contributed by atoms with van der Waals surface area (Å²) >= 11 is 5.14. The Morgan fingerprint density at radius 1 is 1.35 bits per heavy atom. The normalized spacial score (nSPS) is 10.7. The van der Waals surface area contributed by atoms with E-state index in [1.165, 1.54) is 0 Å². The first-order valence-corrected chi connectivity index (χ1v) is 7.23. The van der Waals surface area contributed by atoms with Gasteiger partial charge in [-0.2, -0.15) is 5.10 Å². The smallest absolute Gasteiger partial charge is 0.128 e. The summed E-state index contributed by atoms with van der Waals surface area (Å²) in [6, 6.07) is 9.86. The monoisotopic (exact) mass is 311 g/mol. The van der Waals surface area contributed by atoms with Gasteiger partial charge in [0, 0.05) is 10.5 Å². The molecule has 1 aromatic heterocycles. The van der Waals surface area contributed by atoms with Crippen LogP contribution in [-0.4, -0.2) is 15.5 Å². The van der Waals surface area contributed by atoms with Gasteiger partial charge < -0.3 is 5.73 Å². The van der Waals surface area contributed by atoms with Crippen LogP contribution in [0.25, 0.3) is 5.69 Å². The first-order chi connectivity index (χ1) is 8.20. The average molecular weight is 312 g/mol. The van der Waals surface area contributed by atoms with Gasteiger partial charge >= 0.3 is 0 Å². The van der Waals surface area contributed by atoms with Crippen molar-refractivity contribution in [3.8, 4) is 5.69 Å². The van der Waals surface area contributed by atoms with Crippen LogP contribution in [0.3, 0.4) is 0 Å². The van der Waals surface area contributed by atoms with Crippen molar-refractivity contribution in [2.45, 2.75) is 18.4 Å². The van der Waals surface area contributed by atoms with Crippen molar-refractivity contribution in [2.24, 2.45) is 0 Å². The van der Waals surface area contributed by atoms with Gasteiger partial charge in [-0.15, -0.1) is 11.8 Å². The summed E-state index contributed by atoms with van der Waals surface area (Å²) in [6.07, 6.45) is 1.13. The van der Waals surface area contributed by atoms with E-state index in [0.29, 0.717) is 5.82 Å². The molecular weight excluding hydrogens is 298 g/mol. The largest absolute Gasteiger partial charge is 0.384 e. The second kappa shape index (κ2) is 5.60. The molecule has 1 aromatic carbocycles. The summed E-state index contributed by atoms with van der Waals surface area (Å²) in [6.45, 7) is 2.15. The molecule has 1 heterocycles. The maximum absolute atomic E-state index is 5.96. The molecule has 2 rings (SSSR count). The van der Waals surface area contributed by atoms with Crippen LogP contribution >= 0.6 is 27.7 Å². The molecule has 0 saturated heterocycles. The number of anilines is 1. The molecule has 0 atom stereocenters. The lowest BCUT2D eigenvalue weighted by atomic mass is 10.3. The van der Waals surface area contributed by atoms with E-state index in [2.05, 4.69) is 28.0 Å². The van der Waals surface area contributed by atoms with Gasteiger partial charge in [0.15, 0.2) is 0 Å². The molecule has 2 N–H and O–H groups in total. The predicted octanol–water partition coefficient (Wildman–Crippen LogP) is 3.72. The summed E-state index contributed by atoms with van der Waals surface area (Å²) in [4.78, 5) is 0. The van der Waals surface area contributed by atoms with Crippen LogP contribution in [0.1, 0.15) is 13.3 Å². The molecule has 17 heavy (non-hydrogen) atoms. The molecule has 0 spiro atoms. The standard InChI is InChI=1S/C12H14BrN3S/c1-2-7-17-12-8-11(14)16(15-12)10-5-3-9(13)4-6-10/h3-6,8H,2,7,14H2,1H3. The molecule has 2 aromatic rings. The van der Waals surface area contributed by atoms with E-state index in [0.717, 1.165) is 27.4 Å². The highest BCUT2D eigenvalue weighted by atomic mass is 79.9. The number of rotatable bonds is 4. The minimum atomic E-state index is 0.672. The zero-order chi connectivity index (χ0) is 12.3. The molecule has 0 bridgehead atoms. The molecule has 0 aliphatic rings. The van der Waals surface area contributed by atoms with Crippen molar-refractivity contribution in [3.05, 3.63) is 34.8 Å². The molecule has 3 nitrogen and oxygen atoms in total. The number of nitrogens with zero attached hydrogens (tertiary/aromatic N) is 2. The van der Waals surface area contributed by atoms with Gasteiger partial charge in [-0.05, 0) is 36.4 Å². The maximum atomic E-state index is 5.96. The van der Waals surface area contributed by atoms with Crippen molar-refractivity contribution < 1.29 is 0 Å². The number of nitrogen functional groups attached to an aromatic ring is 1. The van der Waals surface area contributed by atoms with Crippen molar-refractivity contribution >= 4 is 33.5 Å². The molecule has 0 aliphatic carbocycles. The molecule has 0 radical (unpaired) electrons. The number of hydrogen-bond acceptors (Lipinski definition) is 3. The number of nitrogens with two attached hydrogens (primary N) is 1. The number of halogens is 1. The van der Waals surface area contributed by atoms with Crippen LogP contribution < -0.4 is 5.73 Å². The lowest BCUT2D eigenvalue weighted by Gasteiger charge is -2.03. The molecule has 0 saturated carbocycles. The van der Waals surface area contributed by atoms with Gasteiger partial charge in [0.25, 0.3) is 0 Å². The second-order valence-corrected chi connectivity index (χ2v) is 5.67. The van der Waals surface area contributed by atoms with Crippen LogP contribution in [0, 0.1) is 0 Å². The summed E-state index contributed by atoms with van der Waals surface area (Å²) in [7, 11) is 0. The Hall–Kier alpha value is -0.940. The molecule has 0 fully saturated rings. The molecule has 0 unspecified atom stereocenters. The van der Waals surface area contributed by atoms with Crippen molar-refractivity contribution in [1.29, 1.82) is 0 Å². The minimum absolute atomic E-state index is 0.672. The summed E-state index contributed by atoms with van der Waals surface area (Å²) in [5.41, 5.74) is 6.94. The highest BCUT2D eigenvalue weighted by Gasteiger charge is 2.06. The third-order valence-corrected chi connectivity index (χ3v) is 3.88. The van der Waals surface area contributed by atoms with Crippen LogP contribution in [0.5, 0.6) is 0 Å². The Balaban J connectivity index is 2.26. The number of aromatic nitrogens is 2. The maximum Gasteiger partial charge on any atom is 0.128 e. The quantitative estimate of drug-likeness (QED) is 0.875. The molecule has 0 aliphatic heterocycles. The number of benzene rings is 1. The number of hydrogen-bond donors (Lipinski definition) is 1. The van der Waals surface area contributed by atoms with E-state index in [1.807, 2.05) is 30.3 Å². The fourth-order valence-corrected chi connectivity index (χ4v) is 2.46. The lowest BCUT2D eigenvalue weighted by Crippen LogP contribution is -2.01. The molecule has 90 valence electrons. The van der Waals surface area contributed by atoms with E-state index >= 15 is 0 Å². The lowest BCUT2D eigenvalue weighted by molar-refractivity contribution is 0.845. The van der Waals surface area contributed by atoms with Crippen LogP contribution in [0.2, 0.25) is 0 Å². The zero-order valence-corrected chi connectivity index (χ0v) is 12.0. The SMILES string of the molecule is CCCSc1cc(N)n(-c2ccc(Br)cc2)n1. The highest BCUT2D eigenvalue weighted by Crippen LogP contribution is 2.23. The van der Waals surface area contributed by atoms with E-state index in [1.54, 1.807) is 16.4 Å². The van der Waals surface area contributed by atoms with E-state index in [4.69, 9.17) is 5.73 Å². The van der Waals surface area contributed by atoms with Crippen LogP contribution in [-0.2, 0) is 0 Å². The third-order valence-electron chi connectivity index (χ3n) is 2.24. The van der Waals surface area contributed by atoms with Gasteiger partial charge in [-0.1, -0.05) is 22.9 Å². The fourth-order valence-electron chi connectivity index (χ4n) is 1.44. The van der Waals surface area contributed by atoms with Crippen LogP contribution in [0.15, 0.2) is 39.8 Å². The summed E-state index contributed by atoms with van der Waals surface area (Å²) < 4.78 is 2.82. The fraction of sp³-hybridized carbons (Fsp3) is 0.250. The molecule has 5 heteroatoms. The first kappa shape index (κ1) is 12.5. The van der Waals surface area contributed by atoms with Gasteiger partial charge in [0.05, 0.1) is 5.69 Å². The topological polar surface area (TPSA) is 43.8 Å². The van der Waals surface area contributed by atoms with E-state index < -0.39 is 0 Å². The molecule has 0 amide bonds. The van der Waals surface area contributed by atoms with Crippen molar-refractivity contribution in [1.82, 2.24) is 9.78 Å². The van der Waals surface area contributed by atoms with E-state index in [-0.39, 0.29) is 0 Å². The van der Waals surface area contributed by atoms with Crippen LogP contribution in [0.4, 0.5) is 5.82 Å². The minimum Gasteiger partial charge on any atom is -0.384 e. The van der Waals surface area contributed by atoms with Crippen molar-refractivity contribution in [2.75, 3.05) is 11.5 Å². The molecular formula is C12H14BrN3S. The average Bonchev–Trinajstić information content (AvgIpc) is 2.69. The summed E-state index contributed by atoms with van der Waals surface area (Å²) in [5, 5.41) is 5.47. The highest BCUT2D eigenvalue weighted by molar-refractivity contribution is 9.10. The van der Waals surface area contributed by atoms with E-state index in [9.17, 15) is 0 Å². The van der Waals surface area contributed by atoms with Gasteiger partial charge in [0.2, 0.25) is 0 Å². The Bertz CT molecular complexity index is 493. The predicted molar refractivity (Wildman–Crippen MR) is 76.7 cm³/mol. The second-order valence-electron chi connectivity index (χ2n) is 3.64. The van der Waals surface area contributed by atoms with Crippen molar-refractivity contribution in [3.63, 3.8) is 0 Å². The van der Waals surface area contributed by atoms with Gasteiger partial charge in [-0.3, -0.25) is 0 Å². The first-order valence-electron chi connectivity index (χ1n) is 5.45. The Labute approximate surface area is 114 Å². The Kier molecular flexibility index (Phi) is 4.12.